The van der Waals surface area contributed by atoms with Crippen LogP contribution in [-0.4, -0.2) is 17.7 Å². The number of amidine groups is 1. The Balaban J connectivity index is 1.76. The lowest BCUT2D eigenvalue weighted by Gasteiger charge is -2.10. The zero-order chi connectivity index (χ0) is 19.4. The number of ether oxygens (including phenoxy) is 1. The predicted octanol–water partition coefficient (Wildman–Crippen LogP) is 6.03. The highest BCUT2D eigenvalue weighted by Gasteiger charge is 2.24. The van der Waals surface area contributed by atoms with Crippen molar-refractivity contribution in [1.29, 1.82) is 0 Å². The molecule has 0 aliphatic carbocycles. The molecule has 3 rings (SSSR count). The number of nitrogens with zero attached hydrogens (tertiary/aromatic N) is 1. The van der Waals surface area contributed by atoms with Crippen LogP contribution in [0.1, 0.15) is 19.4 Å². The van der Waals surface area contributed by atoms with E-state index in [-0.39, 0.29) is 5.91 Å². The van der Waals surface area contributed by atoms with Crippen molar-refractivity contribution in [2.75, 3.05) is 6.61 Å². The van der Waals surface area contributed by atoms with E-state index in [2.05, 4.69) is 40.1 Å². The molecule has 1 amide bonds. The lowest BCUT2D eigenvalue weighted by atomic mass is 10.2. The molecular formula is C20H18BrClN2O2S. The van der Waals surface area contributed by atoms with Gasteiger partial charge in [0.2, 0.25) is 0 Å². The number of hydrogen-bond acceptors (Lipinski definition) is 4. The fraction of sp³-hybridized carbons (Fsp3) is 0.200. The lowest BCUT2D eigenvalue weighted by molar-refractivity contribution is -0.115. The van der Waals surface area contributed by atoms with Gasteiger partial charge in [-0.15, -0.1) is 0 Å². The number of carbonyl (C=O) groups is 1. The van der Waals surface area contributed by atoms with Crippen molar-refractivity contribution in [2.45, 2.75) is 13.8 Å². The van der Waals surface area contributed by atoms with Crippen molar-refractivity contribution in [3.05, 3.63) is 62.4 Å². The second kappa shape index (κ2) is 8.95. The second-order valence-corrected chi connectivity index (χ2v) is 8.62. The summed E-state index contributed by atoms with van der Waals surface area (Å²) in [5, 5.41) is 3.82. The van der Waals surface area contributed by atoms with Crippen LogP contribution in [0.15, 0.2) is 56.8 Å². The fourth-order valence-electron chi connectivity index (χ4n) is 2.26. The molecule has 0 aromatic heterocycles. The summed E-state index contributed by atoms with van der Waals surface area (Å²) >= 11 is 10.9. The van der Waals surface area contributed by atoms with Crippen molar-refractivity contribution in [3.8, 4) is 5.75 Å². The zero-order valence-electron chi connectivity index (χ0n) is 14.8. The van der Waals surface area contributed by atoms with E-state index in [1.54, 1.807) is 12.1 Å². The molecule has 1 fully saturated rings. The maximum atomic E-state index is 12.2. The Morgan fingerprint density at radius 3 is 2.78 bits per heavy atom. The normalized spacial score (nSPS) is 17.0. The first-order valence-electron chi connectivity index (χ1n) is 8.39. The maximum Gasteiger partial charge on any atom is 0.264 e. The molecule has 2 aromatic carbocycles. The van der Waals surface area contributed by atoms with Crippen molar-refractivity contribution < 1.29 is 9.53 Å². The minimum atomic E-state index is -0.179. The average molecular weight is 466 g/mol. The monoisotopic (exact) mass is 464 g/mol. The van der Waals surface area contributed by atoms with E-state index in [1.807, 2.05) is 36.4 Å². The highest BCUT2D eigenvalue weighted by Crippen LogP contribution is 2.32. The minimum absolute atomic E-state index is 0.179. The average Bonchev–Trinajstić information content (AvgIpc) is 2.95. The van der Waals surface area contributed by atoms with Gasteiger partial charge in [-0.2, -0.15) is 0 Å². The van der Waals surface area contributed by atoms with Gasteiger partial charge in [-0.3, -0.25) is 4.79 Å². The number of para-hydroxylation sites is 1. The highest BCUT2D eigenvalue weighted by atomic mass is 79.9. The molecule has 7 heteroatoms. The number of benzene rings is 2. The van der Waals surface area contributed by atoms with Gasteiger partial charge < -0.3 is 10.1 Å². The van der Waals surface area contributed by atoms with Gasteiger partial charge in [-0.1, -0.05) is 43.6 Å². The summed E-state index contributed by atoms with van der Waals surface area (Å²) in [6, 6.07) is 13.0. The number of carbonyl (C=O) groups excluding carboxylic acids is 1. The number of amides is 1. The molecule has 27 heavy (non-hydrogen) atoms. The van der Waals surface area contributed by atoms with Crippen LogP contribution in [0.4, 0.5) is 5.69 Å². The van der Waals surface area contributed by atoms with Crippen LogP contribution in [0.25, 0.3) is 6.08 Å². The first-order chi connectivity index (χ1) is 12.9. The van der Waals surface area contributed by atoms with Gasteiger partial charge in [0.05, 0.1) is 26.7 Å². The Kier molecular flexibility index (Phi) is 6.63. The SMILES string of the molecule is CC(C)COc1ccc(/C=C2\SC(=Nc3ccccc3Cl)NC2=O)cc1Br. The summed E-state index contributed by atoms with van der Waals surface area (Å²) < 4.78 is 6.61. The molecular weight excluding hydrogens is 448 g/mol. The summed E-state index contributed by atoms with van der Waals surface area (Å²) in [7, 11) is 0. The van der Waals surface area contributed by atoms with Gasteiger partial charge >= 0.3 is 0 Å². The standard InChI is InChI=1S/C20H18BrClN2O2S/c1-12(2)11-26-17-8-7-13(9-14(17)21)10-18-19(25)24-20(27-18)23-16-6-4-3-5-15(16)22/h3-10,12H,11H2,1-2H3,(H,23,24,25)/b18-10-. The molecule has 1 N–H and O–H groups in total. The quantitative estimate of drug-likeness (QED) is 0.549. The molecule has 0 radical (unpaired) electrons. The summed E-state index contributed by atoms with van der Waals surface area (Å²) in [6.07, 6.45) is 1.83. The molecule has 140 valence electrons. The van der Waals surface area contributed by atoms with E-state index in [1.165, 1.54) is 11.8 Å². The fourth-order valence-corrected chi connectivity index (χ4v) is 3.79. The Bertz CT molecular complexity index is 928. The third kappa shape index (κ3) is 5.37. The van der Waals surface area contributed by atoms with Gasteiger partial charge in [0, 0.05) is 0 Å². The van der Waals surface area contributed by atoms with Crippen LogP contribution in [0.2, 0.25) is 5.02 Å². The highest BCUT2D eigenvalue weighted by molar-refractivity contribution is 9.10. The van der Waals surface area contributed by atoms with Gasteiger partial charge in [0.15, 0.2) is 5.17 Å². The van der Waals surface area contributed by atoms with Crippen molar-refractivity contribution in [1.82, 2.24) is 5.32 Å². The Labute approximate surface area is 176 Å². The minimum Gasteiger partial charge on any atom is -0.492 e. The molecule has 0 atom stereocenters. The third-order valence-corrected chi connectivity index (χ3v) is 5.40. The lowest BCUT2D eigenvalue weighted by Crippen LogP contribution is -2.19. The van der Waals surface area contributed by atoms with Crippen LogP contribution in [0, 0.1) is 5.92 Å². The predicted molar refractivity (Wildman–Crippen MR) is 117 cm³/mol. The maximum absolute atomic E-state index is 12.2. The first kappa shape index (κ1) is 20.0. The van der Waals surface area contributed by atoms with E-state index < -0.39 is 0 Å². The van der Waals surface area contributed by atoms with Gasteiger partial charge in [-0.05, 0) is 69.5 Å². The Hall–Kier alpha value is -1.76. The summed E-state index contributed by atoms with van der Waals surface area (Å²) in [5.74, 6) is 1.06. The van der Waals surface area contributed by atoms with Crippen LogP contribution in [0.5, 0.6) is 5.75 Å². The van der Waals surface area contributed by atoms with E-state index in [0.29, 0.717) is 33.3 Å². The third-order valence-electron chi connectivity index (χ3n) is 3.55. The number of rotatable bonds is 5. The number of halogens is 2. The Morgan fingerprint density at radius 1 is 1.30 bits per heavy atom. The van der Waals surface area contributed by atoms with Crippen LogP contribution in [-0.2, 0) is 4.79 Å². The molecule has 1 aliphatic rings. The molecule has 1 saturated heterocycles. The summed E-state index contributed by atoms with van der Waals surface area (Å²) in [5.41, 5.74) is 1.52. The molecule has 2 aromatic rings. The van der Waals surface area contributed by atoms with Gasteiger partial charge in [0.25, 0.3) is 5.91 Å². The Morgan fingerprint density at radius 2 is 2.07 bits per heavy atom. The molecule has 0 spiro atoms. The summed E-state index contributed by atoms with van der Waals surface area (Å²) in [4.78, 5) is 17.2. The number of hydrogen-bond donors (Lipinski definition) is 1. The van der Waals surface area contributed by atoms with Gasteiger partial charge in [-0.25, -0.2) is 4.99 Å². The van der Waals surface area contributed by atoms with Crippen molar-refractivity contribution in [2.24, 2.45) is 10.9 Å². The van der Waals surface area contributed by atoms with Crippen LogP contribution >= 0.6 is 39.3 Å². The number of thioether (sulfide) groups is 1. The first-order valence-corrected chi connectivity index (χ1v) is 10.4. The number of aliphatic imine (C=N–C) groups is 1. The second-order valence-electron chi connectivity index (χ2n) is 6.33. The van der Waals surface area contributed by atoms with E-state index in [4.69, 9.17) is 16.3 Å². The van der Waals surface area contributed by atoms with Crippen molar-refractivity contribution >= 4 is 62.1 Å². The van der Waals surface area contributed by atoms with Crippen LogP contribution in [0.3, 0.4) is 0 Å². The van der Waals surface area contributed by atoms with Crippen LogP contribution < -0.4 is 10.1 Å². The molecule has 4 nitrogen and oxygen atoms in total. The number of nitrogens with one attached hydrogen (secondary N) is 1. The molecule has 0 unspecified atom stereocenters. The van der Waals surface area contributed by atoms with E-state index >= 15 is 0 Å². The molecule has 1 aliphatic heterocycles. The topological polar surface area (TPSA) is 50.7 Å². The summed E-state index contributed by atoms with van der Waals surface area (Å²) in [6.45, 7) is 4.86. The van der Waals surface area contributed by atoms with E-state index in [0.717, 1.165) is 15.8 Å². The van der Waals surface area contributed by atoms with Gasteiger partial charge in [0.1, 0.15) is 5.75 Å². The smallest absolute Gasteiger partial charge is 0.264 e. The largest absolute Gasteiger partial charge is 0.492 e. The van der Waals surface area contributed by atoms with Crippen molar-refractivity contribution in [3.63, 3.8) is 0 Å². The molecule has 0 bridgehead atoms. The molecule has 0 saturated carbocycles. The molecule has 1 heterocycles. The van der Waals surface area contributed by atoms with E-state index in [9.17, 15) is 4.79 Å². The zero-order valence-corrected chi connectivity index (χ0v) is 18.0.